The number of ether oxygens (including phenoxy) is 1. The molecule has 6 heteroatoms. The topological polar surface area (TPSA) is 77.4 Å². The molecule has 1 aliphatic heterocycles. The van der Waals surface area contributed by atoms with Crippen LogP contribution in [0.25, 0.3) is 0 Å². The van der Waals surface area contributed by atoms with Crippen molar-refractivity contribution < 1.29 is 9.53 Å². The lowest BCUT2D eigenvalue weighted by Gasteiger charge is -2.33. The molecule has 2 atom stereocenters. The summed E-state index contributed by atoms with van der Waals surface area (Å²) in [6, 6.07) is 2.01. The third-order valence-corrected chi connectivity index (χ3v) is 4.67. The molecular formula is C16H28N4O2. The predicted octanol–water partition coefficient (Wildman–Crippen LogP) is 0.638. The van der Waals surface area contributed by atoms with E-state index < -0.39 is 5.54 Å². The van der Waals surface area contributed by atoms with Gasteiger partial charge in [-0.25, -0.2) is 0 Å². The predicted molar refractivity (Wildman–Crippen MR) is 84.3 cm³/mol. The van der Waals surface area contributed by atoms with Gasteiger partial charge in [-0.3, -0.25) is 4.79 Å². The molecule has 0 aromatic rings. The van der Waals surface area contributed by atoms with Crippen LogP contribution in [0.1, 0.15) is 39.0 Å². The SMILES string of the molecule is C[C@@H](NC[C@@H]1CN(C)CCO1)C(=O)NC1(C#N)CCCCC1. The van der Waals surface area contributed by atoms with Crippen molar-refractivity contribution in [3.8, 4) is 6.07 Å². The van der Waals surface area contributed by atoms with Gasteiger partial charge in [0.2, 0.25) is 5.91 Å². The highest BCUT2D eigenvalue weighted by atomic mass is 16.5. The van der Waals surface area contributed by atoms with E-state index in [0.717, 1.165) is 51.8 Å². The summed E-state index contributed by atoms with van der Waals surface area (Å²) in [5.41, 5.74) is -0.660. The van der Waals surface area contributed by atoms with Crippen LogP contribution < -0.4 is 10.6 Å². The highest BCUT2D eigenvalue weighted by Gasteiger charge is 2.34. The standard InChI is InChI=1S/C16H28N4O2/c1-13(18-10-14-11-20(2)8-9-22-14)15(21)19-16(12-17)6-4-3-5-7-16/h13-14,18H,3-11H2,1-2H3,(H,19,21)/t13-,14-/m1/s1. The number of nitriles is 1. The summed E-state index contributed by atoms with van der Waals surface area (Å²) in [6.07, 6.45) is 4.82. The fourth-order valence-corrected chi connectivity index (χ4v) is 3.16. The van der Waals surface area contributed by atoms with E-state index in [9.17, 15) is 10.1 Å². The van der Waals surface area contributed by atoms with Gasteiger partial charge in [0.05, 0.1) is 24.8 Å². The molecular weight excluding hydrogens is 280 g/mol. The van der Waals surface area contributed by atoms with E-state index in [4.69, 9.17) is 4.74 Å². The zero-order valence-corrected chi connectivity index (χ0v) is 13.7. The molecule has 22 heavy (non-hydrogen) atoms. The zero-order valence-electron chi connectivity index (χ0n) is 13.7. The van der Waals surface area contributed by atoms with E-state index in [-0.39, 0.29) is 18.1 Å². The number of hydrogen-bond donors (Lipinski definition) is 2. The Morgan fingerprint density at radius 2 is 2.18 bits per heavy atom. The first kappa shape index (κ1) is 17.2. The minimum atomic E-state index is -0.660. The Hall–Kier alpha value is -1.16. The first-order chi connectivity index (χ1) is 10.5. The highest BCUT2D eigenvalue weighted by Crippen LogP contribution is 2.27. The van der Waals surface area contributed by atoms with E-state index in [2.05, 4.69) is 28.7 Å². The molecule has 2 N–H and O–H groups in total. The average molecular weight is 308 g/mol. The molecule has 0 aromatic heterocycles. The molecule has 0 spiro atoms. The fourth-order valence-electron chi connectivity index (χ4n) is 3.16. The quantitative estimate of drug-likeness (QED) is 0.779. The van der Waals surface area contributed by atoms with Gasteiger partial charge in [-0.15, -0.1) is 0 Å². The summed E-state index contributed by atoms with van der Waals surface area (Å²) < 4.78 is 5.68. The van der Waals surface area contributed by atoms with Crippen LogP contribution in [0.3, 0.4) is 0 Å². The number of likely N-dealkylation sites (N-methyl/N-ethyl adjacent to an activating group) is 1. The molecule has 2 fully saturated rings. The Bertz CT molecular complexity index is 415. The van der Waals surface area contributed by atoms with Crippen molar-refractivity contribution in [1.82, 2.24) is 15.5 Å². The smallest absolute Gasteiger partial charge is 0.238 e. The number of carbonyl (C=O) groups excluding carboxylic acids is 1. The van der Waals surface area contributed by atoms with Crippen LogP contribution in [0.15, 0.2) is 0 Å². The molecule has 0 bridgehead atoms. The van der Waals surface area contributed by atoms with Crippen molar-refractivity contribution in [3.63, 3.8) is 0 Å². The maximum absolute atomic E-state index is 12.3. The number of hydrogen-bond acceptors (Lipinski definition) is 5. The second-order valence-corrected chi connectivity index (χ2v) is 6.63. The monoisotopic (exact) mass is 308 g/mol. The molecule has 0 aromatic carbocycles. The lowest BCUT2D eigenvalue weighted by atomic mass is 9.82. The maximum Gasteiger partial charge on any atom is 0.238 e. The second-order valence-electron chi connectivity index (χ2n) is 6.63. The van der Waals surface area contributed by atoms with E-state index in [1.807, 2.05) is 6.92 Å². The van der Waals surface area contributed by atoms with Crippen LogP contribution in [0.5, 0.6) is 0 Å². The summed E-state index contributed by atoms with van der Waals surface area (Å²) in [6.45, 7) is 5.07. The van der Waals surface area contributed by atoms with Crippen LogP contribution in [0.2, 0.25) is 0 Å². The molecule has 1 amide bonds. The second kappa shape index (κ2) is 7.91. The van der Waals surface area contributed by atoms with Gasteiger partial charge in [0.15, 0.2) is 0 Å². The largest absolute Gasteiger partial charge is 0.374 e. The van der Waals surface area contributed by atoms with Crippen LogP contribution >= 0.6 is 0 Å². The van der Waals surface area contributed by atoms with Crippen molar-refractivity contribution in [1.29, 1.82) is 5.26 Å². The van der Waals surface area contributed by atoms with Gasteiger partial charge in [-0.1, -0.05) is 19.3 Å². The minimum absolute atomic E-state index is 0.0902. The van der Waals surface area contributed by atoms with Gasteiger partial charge >= 0.3 is 0 Å². The Morgan fingerprint density at radius 3 is 2.82 bits per heavy atom. The van der Waals surface area contributed by atoms with E-state index in [1.165, 1.54) is 0 Å². The van der Waals surface area contributed by atoms with Crippen LogP contribution in [0.4, 0.5) is 0 Å². The van der Waals surface area contributed by atoms with E-state index in [0.29, 0.717) is 6.54 Å². The summed E-state index contributed by atoms with van der Waals surface area (Å²) >= 11 is 0. The van der Waals surface area contributed by atoms with E-state index in [1.54, 1.807) is 0 Å². The molecule has 124 valence electrons. The Morgan fingerprint density at radius 1 is 1.45 bits per heavy atom. The number of nitrogens with zero attached hydrogens (tertiary/aromatic N) is 2. The van der Waals surface area contributed by atoms with Crippen LogP contribution in [0, 0.1) is 11.3 Å². The van der Waals surface area contributed by atoms with Gasteiger partial charge in [-0.2, -0.15) is 5.26 Å². The highest BCUT2D eigenvalue weighted by molar-refractivity contribution is 5.82. The number of morpholine rings is 1. The molecule has 0 unspecified atom stereocenters. The fraction of sp³-hybridized carbons (Fsp3) is 0.875. The minimum Gasteiger partial charge on any atom is -0.374 e. The third-order valence-electron chi connectivity index (χ3n) is 4.67. The zero-order chi connectivity index (χ0) is 16.0. The molecule has 6 nitrogen and oxygen atoms in total. The normalized spacial score (nSPS) is 26.9. The van der Waals surface area contributed by atoms with Gasteiger partial charge < -0.3 is 20.3 Å². The van der Waals surface area contributed by atoms with Gasteiger partial charge in [-0.05, 0) is 26.8 Å². The molecule has 1 saturated heterocycles. The van der Waals surface area contributed by atoms with Crippen molar-refractivity contribution in [2.24, 2.45) is 0 Å². The lowest BCUT2D eigenvalue weighted by molar-refractivity contribution is -0.124. The van der Waals surface area contributed by atoms with Crippen molar-refractivity contribution in [3.05, 3.63) is 0 Å². The number of amides is 1. The number of nitrogens with one attached hydrogen (secondary N) is 2. The van der Waals surface area contributed by atoms with Crippen LogP contribution in [-0.4, -0.2) is 61.8 Å². The van der Waals surface area contributed by atoms with Gasteiger partial charge in [0.1, 0.15) is 5.54 Å². The first-order valence-corrected chi connectivity index (χ1v) is 8.31. The lowest BCUT2D eigenvalue weighted by Crippen LogP contribution is -2.55. The Balaban J connectivity index is 1.77. The number of rotatable bonds is 5. The van der Waals surface area contributed by atoms with E-state index >= 15 is 0 Å². The van der Waals surface area contributed by atoms with Gasteiger partial charge in [0.25, 0.3) is 0 Å². The molecule has 1 aliphatic carbocycles. The summed E-state index contributed by atoms with van der Waals surface area (Å²) in [4.78, 5) is 14.6. The Kier molecular flexibility index (Phi) is 6.18. The van der Waals surface area contributed by atoms with Crippen LogP contribution in [-0.2, 0) is 9.53 Å². The summed E-state index contributed by atoms with van der Waals surface area (Å²) in [5, 5.41) is 15.6. The Labute approximate surface area is 133 Å². The molecule has 1 heterocycles. The molecule has 1 saturated carbocycles. The van der Waals surface area contributed by atoms with Crippen molar-refractivity contribution in [2.75, 3.05) is 33.3 Å². The molecule has 2 aliphatic rings. The maximum atomic E-state index is 12.3. The average Bonchev–Trinajstić information content (AvgIpc) is 2.53. The molecule has 0 radical (unpaired) electrons. The molecule has 2 rings (SSSR count). The van der Waals surface area contributed by atoms with Crippen molar-refractivity contribution in [2.45, 2.75) is 56.7 Å². The van der Waals surface area contributed by atoms with Crippen molar-refractivity contribution >= 4 is 5.91 Å². The third kappa shape index (κ3) is 4.67. The van der Waals surface area contributed by atoms with Gasteiger partial charge in [0, 0.05) is 19.6 Å². The number of carbonyl (C=O) groups is 1. The first-order valence-electron chi connectivity index (χ1n) is 8.31. The summed E-state index contributed by atoms with van der Waals surface area (Å²) in [7, 11) is 2.07. The summed E-state index contributed by atoms with van der Waals surface area (Å²) in [5.74, 6) is -0.0902.